The van der Waals surface area contributed by atoms with E-state index in [1.165, 1.54) is 0 Å². The fourth-order valence-corrected chi connectivity index (χ4v) is 1.49. The van der Waals surface area contributed by atoms with Crippen molar-refractivity contribution in [1.29, 1.82) is 0 Å². The lowest BCUT2D eigenvalue weighted by Gasteiger charge is -1.81. The molecule has 0 amide bonds. The smallest absolute Gasteiger partial charge is 0.0677 e. The topological polar surface area (TPSA) is 32.6 Å². The summed E-state index contributed by atoms with van der Waals surface area (Å²) >= 11 is 1.82. The van der Waals surface area contributed by atoms with Gasteiger partial charge in [0.25, 0.3) is 0 Å². The second-order valence-corrected chi connectivity index (χ2v) is 2.57. The summed E-state index contributed by atoms with van der Waals surface area (Å²) in [5.41, 5.74) is 0.935. The van der Waals surface area contributed by atoms with Gasteiger partial charge in [-0.05, 0) is 12.2 Å². The normalized spacial score (nSPS) is 26.6. The highest BCUT2D eigenvalue weighted by molar-refractivity contribution is 8.00. The molecule has 0 atom stereocenters. The Bertz CT molecular complexity index is 83.7. The third-order valence-electron chi connectivity index (χ3n) is 0.945. The summed E-state index contributed by atoms with van der Waals surface area (Å²) in [6, 6.07) is 0. The van der Waals surface area contributed by atoms with Gasteiger partial charge in [-0.25, -0.2) is 0 Å². The number of oxime groups is 1. The van der Waals surface area contributed by atoms with Gasteiger partial charge in [-0.3, -0.25) is 0 Å². The summed E-state index contributed by atoms with van der Waals surface area (Å²) in [5.74, 6) is 2.05. The number of hydrogen-bond acceptors (Lipinski definition) is 3. The van der Waals surface area contributed by atoms with Gasteiger partial charge in [0.15, 0.2) is 0 Å². The first-order chi connectivity index (χ1) is 3.43. The zero-order valence-corrected chi connectivity index (χ0v) is 4.74. The zero-order chi connectivity index (χ0) is 5.11. The van der Waals surface area contributed by atoms with Gasteiger partial charge >= 0.3 is 0 Å². The lowest BCUT2D eigenvalue weighted by molar-refractivity contribution is 0.318. The van der Waals surface area contributed by atoms with Crippen LogP contribution in [0.2, 0.25) is 0 Å². The van der Waals surface area contributed by atoms with Crippen LogP contribution < -0.4 is 0 Å². The summed E-state index contributed by atoms with van der Waals surface area (Å²) in [7, 11) is 0. The first-order valence-electron chi connectivity index (χ1n) is 2.21. The molecule has 3 heteroatoms. The van der Waals surface area contributed by atoms with Crippen LogP contribution in [-0.4, -0.2) is 22.4 Å². The quantitative estimate of drug-likeness (QED) is 0.378. The Morgan fingerprint density at radius 3 is 2.86 bits per heavy atom. The summed E-state index contributed by atoms with van der Waals surface area (Å²) in [6.07, 6.45) is 0.973. The molecule has 0 spiro atoms. The van der Waals surface area contributed by atoms with E-state index in [0.29, 0.717) is 0 Å². The first kappa shape index (κ1) is 4.97. The molecule has 1 rings (SSSR count). The van der Waals surface area contributed by atoms with Gasteiger partial charge in [-0.2, -0.15) is 11.8 Å². The van der Waals surface area contributed by atoms with E-state index in [0.717, 1.165) is 23.6 Å². The largest absolute Gasteiger partial charge is 0.411 e. The van der Waals surface area contributed by atoms with E-state index in [9.17, 15) is 0 Å². The van der Waals surface area contributed by atoms with Crippen LogP contribution in [0.3, 0.4) is 0 Å². The Hall–Kier alpha value is -0.180. The molecule has 1 heterocycles. The summed E-state index contributed by atoms with van der Waals surface area (Å²) < 4.78 is 0. The van der Waals surface area contributed by atoms with Crippen LogP contribution in [0.25, 0.3) is 0 Å². The molecule has 40 valence electrons. The highest BCUT2D eigenvalue weighted by Crippen LogP contribution is 2.13. The number of thioether (sulfide) groups is 1. The Morgan fingerprint density at radius 1 is 1.71 bits per heavy atom. The first-order valence-corrected chi connectivity index (χ1v) is 3.36. The van der Waals surface area contributed by atoms with E-state index in [1.54, 1.807) is 0 Å². The molecule has 0 aromatic heterocycles. The van der Waals surface area contributed by atoms with Crippen molar-refractivity contribution in [3.05, 3.63) is 0 Å². The molecule has 1 saturated heterocycles. The predicted octanol–water partition coefficient (Wildman–Crippen LogP) is 0.954. The molecule has 1 aliphatic rings. The second kappa shape index (κ2) is 2.21. The molecular weight excluding hydrogens is 110 g/mol. The van der Waals surface area contributed by atoms with E-state index in [1.807, 2.05) is 11.8 Å². The number of nitrogens with zero attached hydrogens (tertiary/aromatic N) is 1. The van der Waals surface area contributed by atoms with Gasteiger partial charge < -0.3 is 5.21 Å². The zero-order valence-electron chi connectivity index (χ0n) is 3.92. The van der Waals surface area contributed by atoms with Crippen molar-refractivity contribution in [2.24, 2.45) is 5.16 Å². The standard InChI is InChI=1S/C4H7NOS/c6-5-4-1-2-7-3-4/h6H,1-3H2. The second-order valence-electron chi connectivity index (χ2n) is 1.47. The Morgan fingerprint density at radius 2 is 2.57 bits per heavy atom. The van der Waals surface area contributed by atoms with E-state index in [2.05, 4.69) is 5.16 Å². The molecule has 7 heavy (non-hydrogen) atoms. The van der Waals surface area contributed by atoms with E-state index < -0.39 is 0 Å². The van der Waals surface area contributed by atoms with Crippen LogP contribution in [0.1, 0.15) is 6.42 Å². The minimum Gasteiger partial charge on any atom is -0.411 e. The minimum absolute atomic E-state index is 0.927. The monoisotopic (exact) mass is 117 g/mol. The van der Waals surface area contributed by atoms with Gasteiger partial charge in [0.1, 0.15) is 0 Å². The van der Waals surface area contributed by atoms with Crippen molar-refractivity contribution in [3.63, 3.8) is 0 Å². The number of rotatable bonds is 0. The molecule has 0 bridgehead atoms. The van der Waals surface area contributed by atoms with Gasteiger partial charge in [0.05, 0.1) is 5.71 Å². The fourth-order valence-electron chi connectivity index (χ4n) is 0.531. The summed E-state index contributed by atoms with van der Waals surface area (Å²) in [5, 5.41) is 11.2. The van der Waals surface area contributed by atoms with Crippen molar-refractivity contribution in [1.82, 2.24) is 0 Å². The fraction of sp³-hybridized carbons (Fsp3) is 0.750. The third kappa shape index (κ3) is 1.09. The molecule has 0 unspecified atom stereocenters. The molecule has 1 aliphatic heterocycles. The predicted molar refractivity (Wildman–Crippen MR) is 31.2 cm³/mol. The average molecular weight is 117 g/mol. The van der Waals surface area contributed by atoms with Crippen molar-refractivity contribution < 1.29 is 5.21 Å². The molecular formula is C4H7NOS. The highest BCUT2D eigenvalue weighted by atomic mass is 32.2. The Labute approximate surface area is 46.6 Å². The van der Waals surface area contributed by atoms with Crippen LogP contribution in [0, 0.1) is 0 Å². The van der Waals surface area contributed by atoms with Crippen LogP contribution in [-0.2, 0) is 0 Å². The SMILES string of the molecule is ON=C1CCSC1. The van der Waals surface area contributed by atoms with Gasteiger partial charge in [-0.15, -0.1) is 0 Å². The van der Waals surface area contributed by atoms with Gasteiger partial charge in [0.2, 0.25) is 0 Å². The lowest BCUT2D eigenvalue weighted by Crippen LogP contribution is -1.91. The van der Waals surface area contributed by atoms with Crippen LogP contribution in [0.5, 0.6) is 0 Å². The molecule has 0 aromatic carbocycles. The Balaban J connectivity index is 2.41. The molecule has 1 fully saturated rings. The van der Waals surface area contributed by atoms with Crippen molar-refractivity contribution in [2.75, 3.05) is 11.5 Å². The van der Waals surface area contributed by atoms with Crippen molar-refractivity contribution in [2.45, 2.75) is 6.42 Å². The molecule has 0 aromatic rings. The maximum atomic E-state index is 8.14. The van der Waals surface area contributed by atoms with Crippen LogP contribution in [0.15, 0.2) is 5.16 Å². The van der Waals surface area contributed by atoms with E-state index in [4.69, 9.17) is 5.21 Å². The third-order valence-corrected chi connectivity index (χ3v) is 1.98. The van der Waals surface area contributed by atoms with Crippen molar-refractivity contribution >= 4 is 17.5 Å². The summed E-state index contributed by atoms with van der Waals surface area (Å²) in [6.45, 7) is 0. The molecule has 0 aliphatic carbocycles. The Kier molecular flexibility index (Phi) is 1.57. The molecule has 2 nitrogen and oxygen atoms in total. The number of hydrogen-bond donors (Lipinski definition) is 1. The maximum Gasteiger partial charge on any atom is 0.0677 e. The van der Waals surface area contributed by atoms with E-state index >= 15 is 0 Å². The van der Waals surface area contributed by atoms with Crippen LogP contribution in [0.4, 0.5) is 0 Å². The molecule has 0 saturated carbocycles. The molecule has 1 N–H and O–H groups in total. The van der Waals surface area contributed by atoms with E-state index in [-0.39, 0.29) is 0 Å². The van der Waals surface area contributed by atoms with Crippen molar-refractivity contribution in [3.8, 4) is 0 Å². The molecule has 0 radical (unpaired) electrons. The minimum atomic E-state index is 0.927. The van der Waals surface area contributed by atoms with Gasteiger partial charge in [-0.1, -0.05) is 5.16 Å². The summed E-state index contributed by atoms with van der Waals surface area (Å²) in [4.78, 5) is 0. The highest BCUT2D eigenvalue weighted by Gasteiger charge is 2.07. The maximum absolute atomic E-state index is 8.14. The lowest BCUT2D eigenvalue weighted by atomic mass is 10.3. The van der Waals surface area contributed by atoms with Crippen LogP contribution >= 0.6 is 11.8 Å². The average Bonchev–Trinajstić information content (AvgIpc) is 2.14. The van der Waals surface area contributed by atoms with Gasteiger partial charge in [0, 0.05) is 5.75 Å².